The summed E-state index contributed by atoms with van der Waals surface area (Å²) in [4.78, 5) is 9.19. The quantitative estimate of drug-likeness (QED) is 0.203. The summed E-state index contributed by atoms with van der Waals surface area (Å²) in [6.07, 6.45) is -3.34. The van der Waals surface area contributed by atoms with Crippen LogP contribution in [-0.2, 0) is 36.9 Å². The highest BCUT2D eigenvalue weighted by Gasteiger charge is 2.32. The number of pyridine rings is 1. The van der Waals surface area contributed by atoms with Crippen LogP contribution in [0, 0.1) is 17.1 Å². The van der Waals surface area contributed by atoms with Crippen LogP contribution < -0.4 is 9.47 Å². The van der Waals surface area contributed by atoms with E-state index < -0.39 is 17.6 Å². The molecule has 0 saturated carbocycles. The molecule has 11 heteroatoms. The molecule has 1 fully saturated rings. The summed E-state index contributed by atoms with van der Waals surface area (Å²) in [5.41, 5.74) is 3.26. The van der Waals surface area contributed by atoms with E-state index in [4.69, 9.17) is 14.2 Å². The molecule has 4 heterocycles. The first-order chi connectivity index (χ1) is 21.7. The van der Waals surface area contributed by atoms with Gasteiger partial charge in [0.25, 0.3) is 0 Å². The first-order valence-corrected chi connectivity index (χ1v) is 14.5. The number of rotatable bonds is 4. The summed E-state index contributed by atoms with van der Waals surface area (Å²) in [5.74, 6) is 0.639. The van der Waals surface area contributed by atoms with E-state index >= 15 is 4.39 Å². The van der Waals surface area contributed by atoms with Gasteiger partial charge in [0.2, 0.25) is 5.88 Å². The molecule has 2 aromatic heterocycles. The Morgan fingerprint density at radius 1 is 0.956 bits per heavy atom. The third-order valence-electron chi connectivity index (χ3n) is 8.17. The standard InChI is InChI=1S/C34H26F4N4O3/c35-27-13-23(14-32-40-29-7-6-24(34(36,37)38)15-30(29)42(32)18-25-9-11-43-25)31-16-26(27)28-2-1-3-33(41-28)45-19-22-5-4-20(17-39)12-21(22)8-10-44-31/h1-7,12-13,15-16,25H,8-11,14,18-19H2. The second-order valence-electron chi connectivity index (χ2n) is 11.1. The lowest BCUT2D eigenvalue weighted by Crippen LogP contribution is -2.31. The van der Waals surface area contributed by atoms with Gasteiger partial charge in [-0.1, -0.05) is 12.1 Å². The van der Waals surface area contributed by atoms with Crippen LogP contribution in [0.1, 0.15) is 40.1 Å². The Morgan fingerprint density at radius 2 is 1.82 bits per heavy atom. The van der Waals surface area contributed by atoms with Crippen molar-refractivity contribution in [1.82, 2.24) is 14.5 Å². The fraction of sp³-hybridized carbons (Fsp3) is 0.265. The zero-order valence-corrected chi connectivity index (χ0v) is 23.9. The predicted molar refractivity (Wildman–Crippen MR) is 156 cm³/mol. The number of imidazole rings is 1. The third-order valence-corrected chi connectivity index (χ3v) is 8.17. The number of nitriles is 1. The minimum absolute atomic E-state index is 0.0982. The molecule has 2 aliphatic rings. The van der Waals surface area contributed by atoms with Crippen LogP contribution >= 0.6 is 0 Å². The van der Waals surface area contributed by atoms with Crippen molar-refractivity contribution in [3.05, 3.63) is 106 Å². The van der Waals surface area contributed by atoms with Gasteiger partial charge in [-0.3, -0.25) is 0 Å². The lowest BCUT2D eigenvalue weighted by Gasteiger charge is -2.27. The Bertz CT molecular complexity index is 1960. The molecule has 7 rings (SSSR count). The van der Waals surface area contributed by atoms with Gasteiger partial charge in [-0.05, 0) is 66.1 Å². The Balaban J connectivity index is 1.31. The topological polar surface area (TPSA) is 82.2 Å². The van der Waals surface area contributed by atoms with Crippen LogP contribution in [0.25, 0.3) is 22.3 Å². The number of nitrogens with zero attached hydrogens (tertiary/aromatic N) is 4. The summed E-state index contributed by atoms with van der Waals surface area (Å²) in [6, 6.07) is 19.0. The smallest absolute Gasteiger partial charge is 0.416 e. The molecule has 4 bridgehead atoms. The largest absolute Gasteiger partial charge is 0.493 e. The molecule has 0 amide bonds. The zero-order valence-electron chi connectivity index (χ0n) is 23.9. The Hall–Kier alpha value is -4.95. The molecule has 1 saturated heterocycles. The van der Waals surface area contributed by atoms with Gasteiger partial charge in [0.05, 0.1) is 53.2 Å². The average molecular weight is 615 g/mol. The summed E-state index contributed by atoms with van der Waals surface area (Å²) < 4.78 is 76.2. The van der Waals surface area contributed by atoms with E-state index in [1.54, 1.807) is 41.0 Å². The molecular formula is C34H26F4N4O3. The molecular weight excluding hydrogens is 588 g/mol. The van der Waals surface area contributed by atoms with Gasteiger partial charge in [0, 0.05) is 36.6 Å². The van der Waals surface area contributed by atoms with Crippen molar-refractivity contribution in [2.45, 2.75) is 44.7 Å². The Labute approximate surface area is 255 Å². The van der Waals surface area contributed by atoms with Crippen molar-refractivity contribution in [3.8, 4) is 29.0 Å². The molecule has 0 radical (unpaired) electrons. The Morgan fingerprint density at radius 3 is 2.60 bits per heavy atom. The van der Waals surface area contributed by atoms with Gasteiger partial charge in [-0.25, -0.2) is 14.4 Å². The summed E-state index contributed by atoms with van der Waals surface area (Å²) in [6.45, 7) is 1.33. The van der Waals surface area contributed by atoms with Crippen LogP contribution in [0.4, 0.5) is 17.6 Å². The van der Waals surface area contributed by atoms with Crippen LogP contribution in [-0.4, -0.2) is 33.9 Å². The second-order valence-corrected chi connectivity index (χ2v) is 11.1. The van der Waals surface area contributed by atoms with E-state index in [0.29, 0.717) is 64.9 Å². The van der Waals surface area contributed by atoms with Crippen molar-refractivity contribution in [1.29, 1.82) is 5.26 Å². The lowest BCUT2D eigenvalue weighted by atomic mass is 10.0. The van der Waals surface area contributed by atoms with Gasteiger partial charge < -0.3 is 18.8 Å². The molecule has 0 aliphatic carbocycles. The number of ether oxygens (including phenoxy) is 3. The summed E-state index contributed by atoms with van der Waals surface area (Å²) >= 11 is 0. The molecule has 0 N–H and O–H groups in total. The van der Waals surface area contributed by atoms with Crippen LogP contribution in [0.5, 0.6) is 11.6 Å². The molecule has 45 heavy (non-hydrogen) atoms. The number of alkyl halides is 3. The molecule has 228 valence electrons. The van der Waals surface area contributed by atoms with E-state index in [2.05, 4.69) is 16.0 Å². The fourth-order valence-corrected chi connectivity index (χ4v) is 5.69. The van der Waals surface area contributed by atoms with Gasteiger partial charge in [-0.15, -0.1) is 0 Å². The SMILES string of the molecule is N#Cc1ccc2c(c1)CCOc1cc(c(F)cc1Cc1nc3ccc(C(F)(F)F)cc3n1CC1CCO1)-c1cccc(n1)OC2. The number of hydrogen-bond donors (Lipinski definition) is 0. The summed E-state index contributed by atoms with van der Waals surface area (Å²) in [7, 11) is 0. The Kier molecular flexibility index (Phi) is 7.37. The van der Waals surface area contributed by atoms with E-state index in [-0.39, 0.29) is 31.3 Å². The second kappa shape index (κ2) is 11.5. The van der Waals surface area contributed by atoms with E-state index in [0.717, 1.165) is 29.7 Å². The highest BCUT2D eigenvalue weighted by Crippen LogP contribution is 2.35. The van der Waals surface area contributed by atoms with Gasteiger partial charge in [-0.2, -0.15) is 18.4 Å². The number of aromatic nitrogens is 3. The van der Waals surface area contributed by atoms with E-state index in [1.165, 1.54) is 12.1 Å². The van der Waals surface area contributed by atoms with Crippen LogP contribution in [0.3, 0.4) is 0 Å². The van der Waals surface area contributed by atoms with Crippen molar-refractivity contribution < 1.29 is 31.8 Å². The monoisotopic (exact) mass is 614 g/mol. The minimum Gasteiger partial charge on any atom is -0.493 e. The highest BCUT2D eigenvalue weighted by atomic mass is 19.4. The van der Waals surface area contributed by atoms with Crippen molar-refractivity contribution >= 4 is 11.0 Å². The highest BCUT2D eigenvalue weighted by molar-refractivity contribution is 5.77. The van der Waals surface area contributed by atoms with Crippen LogP contribution in [0.15, 0.2) is 66.7 Å². The number of halogens is 4. The molecule has 7 nitrogen and oxygen atoms in total. The minimum atomic E-state index is -4.51. The van der Waals surface area contributed by atoms with Gasteiger partial charge in [0.15, 0.2) is 0 Å². The molecule has 0 spiro atoms. The molecule has 2 aliphatic heterocycles. The zero-order chi connectivity index (χ0) is 31.1. The molecule has 1 unspecified atom stereocenters. The molecule has 1 atom stereocenters. The van der Waals surface area contributed by atoms with Crippen molar-refractivity contribution in [2.75, 3.05) is 13.2 Å². The summed E-state index contributed by atoms with van der Waals surface area (Å²) in [5, 5.41) is 9.45. The number of benzene rings is 3. The van der Waals surface area contributed by atoms with Crippen LogP contribution in [0.2, 0.25) is 0 Å². The first kappa shape index (κ1) is 28.8. The maximum absolute atomic E-state index is 15.8. The van der Waals surface area contributed by atoms with Crippen molar-refractivity contribution in [3.63, 3.8) is 0 Å². The number of hydrogen-bond acceptors (Lipinski definition) is 6. The normalized spacial score (nSPS) is 16.2. The maximum Gasteiger partial charge on any atom is 0.416 e. The lowest BCUT2D eigenvalue weighted by molar-refractivity contribution is -0.137. The van der Waals surface area contributed by atoms with E-state index in [1.807, 2.05) is 6.07 Å². The average Bonchev–Trinajstić information content (AvgIpc) is 3.34. The molecule has 5 aromatic rings. The predicted octanol–water partition coefficient (Wildman–Crippen LogP) is 7.02. The van der Waals surface area contributed by atoms with Gasteiger partial charge >= 0.3 is 6.18 Å². The first-order valence-electron chi connectivity index (χ1n) is 14.5. The van der Waals surface area contributed by atoms with Crippen molar-refractivity contribution in [2.24, 2.45) is 0 Å². The number of fused-ring (bicyclic) bond motifs is 7. The maximum atomic E-state index is 15.8. The molecule has 3 aromatic carbocycles. The van der Waals surface area contributed by atoms with E-state index in [9.17, 15) is 18.4 Å². The van der Waals surface area contributed by atoms with Gasteiger partial charge in [0.1, 0.15) is 24.0 Å². The third kappa shape index (κ3) is 5.81. The fourth-order valence-electron chi connectivity index (χ4n) is 5.69.